The molecule has 0 radical (unpaired) electrons. The third-order valence-electron chi connectivity index (χ3n) is 3.86. The second-order valence-corrected chi connectivity index (χ2v) is 7.19. The molecule has 0 spiro atoms. The summed E-state index contributed by atoms with van der Waals surface area (Å²) in [5.41, 5.74) is 5.14. The van der Waals surface area contributed by atoms with E-state index >= 15 is 0 Å². The standard InChI is InChI=1S/C19H24F3N3O2/c1-12(2)9-18(3,23)10-27-16-6-5-13(7-14(16)19(20,21)22)15-8-17(26-4)25-11-24-15/h5-8,11-12H,9-10,23H2,1-4H3. The Kier molecular flexibility index (Phi) is 6.30. The first-order valence-electron chi connectivity index (χ1n) is 8.51. The second kappa shape index (κ2) is 8.12. The number of nitrogens with zero attached hydrogens (tertiary/aromatic N) is 2. The van der Waals surface area contributed by atoms with Crippen molar-refractivity contribution in [1.29, 1.82) is 0 Å². The van der Waals surface area contributed by atoms with E-state index in [4.69, 9.17) is 15.2 Å². The lowest BCUT2D eigenvalue weighted by molar-refractivity contribution is -0.139. The number of hydrogen-bond acceptors (Lipinski definition) is 5. The molecule has 148 valence electrons. The first kappa shape index (κ1) is 21.0. The Morgan fingerprint density at radius 2 is 1.85 bits per heavy atom. The molecule has 0 aliphatic carbocycles. The maximum atomic E-state index is 13.6. The van der Waals surface area contributed by atoms with E-state index in [2.05, 4.69) is 9.97 Å². The highest BCUT2D eigenvalue weighted by atomic mass is 19.4. The van der Waals surface area contributed by atoms with Crippen LogP contribution in [0.3, 0.4) is 0 Å². The van der Waals surface area contributed by atoms with Crippen LogP contribution in [0.4, 0.5) is 13.2 Å². The van der Waals surface area contributed by atoms with Gasteiger partial charge in [0, 0.05) is 17.2 Å². The van der Waals surface area contributed by atoms with Gasteiger partial charge in [0.2, 0.25) is 5.88 Å². The average molecular weight is 383 g/mol. The molecule has 1 heterocycles. The largest absolute Gasteiger partial charge is 0.491 e. The Labute approximate surface area is 156 Å². The van der Waals surface area contributed by atoms with E-state index in [9.17, 15) is 13.2 Å². The summed E-state index contributed by atoms with van der Waals surface area (Å²) < 4.78 is 51.1. The Bertz CT molecular complexity index is 777. The third-order valence-corrected chi connectivity index (χ3v) is 3.86. The van der Waals surface area contributed by atoms with E-state index in [-0.39, 0.29) is 23.8 Å². The Morgan fingerprint density at radius 1 is 1.15 bits per heavy atom. The molecule has 1 aromatic carbocycles. The van der Waals surface area contributed by atoms with Crippen LogP contribution in [-0.2, 0) is 6.18 Å². The zero-order chi connectivity index (χ0) is 20.2. The molecule has 0 saturated carbocycles. The molecule has 1 aromatic heterocycles. The van der Waals surface area contributed by atoms with Gasteiger partial charge in [-0.15, -0.1) is 0 Å². The minimum absolute atomic E-state index is 0.0189. The highest BCUT2D eigenvalue weighted by Gasteiger charge is 2.35. The number of benzene rings is 1. The summed E-state index contributed by atoms with van der Waals surface area (Å²) in [6, 6.07) is 5.28. The topological polar surface area (TPSA) is 70.3 Å². The number of nitrogens with two attached hydrogens (primary N) is 1. The molecule has 0 fully saturated rings. The summed E-state index contributed by atoms with van der Waals surface area (Å²) in [5.74, 6) is 0.315. The van der Waals surface area contributed by atoms with E-state index in [0.717, 1.165) is 6.07 Å². The van der Waals surface area contributed by atoms with Crippen molar-refractivity contribution in [2.45, 2.75) is 38.9 Å². The molecule has 0 bridgehead atoms. The predicted molar refractivity (Wildman–Crippen MR) is 96.6 cm³/mol. The minimum atomic E-state index is -4.58. The smallest absolute Gasteiger partial charge is 0.419 e. The number of rotatable bonds is 7. The first-order valence-corrected chi connectivity index (χ1v) is 8.51. The molecule has 2 N–H and O–H groups in total. The summed E-state index contributed by atoms with van der Waals surface area (Å²) in [6.07, 6.45) is -2.71. The minimum Gasteiger partial charge on any atom is -0.491 e. The van der Waals surface area contributed by atoms with E-state index < -0.39 is 17.3 Å². The average Bonchev–Trinajstić information content (AvgIpc) is 2.58. The molecule has 0 aliphatic heterocycles. The molecule has 2 rings (SSSR count). The van der Waals surface area contributed by atoms with Crippen LogP contribution in [0.15, 0.2) is 30.6 Å². The van der Waals surface area contributed by atoms with Gasteiger partial charge in [-0.25, -0.2) is 9.97 Å². The molecule has 0 aliphatic rings. The van der Waals surface area contributed by atoms with Crippen LogP contribution in [0.25, 0.3) is 11.3 Å². The fourth-order valence-electron chi connectivity index (χ4n) is 2.88. The zero-order valence-corrected chi connectivity index (χ0v) is 15.8. The monoisotopic (exact) mass is 383 g/mol. The van der Waals surface area contributed by atoms with Crippen molar-refractivity contribution in [2.24, 2.45) is 11.7 Å². The molecule has 1 unspecified atom stereocenters. The summed E-state index contributed by atoms with van der Waals surface area (Å²) >= 11 is 0. The van der Waals surface area contributed by atoms with Gasteiger partial charge in [-0.1, -0.05) is 13.8 Å². The van der Waals surface area contributed by atoms with E-state index in [0.29, 0.717) is 18.0 Å². The molecule has 0 saturated heterocycles. The molecule has 2 aromatic rings. The van der Waals surface area contributed by atoms with Gasteiger partial charge in [0.15, 0.2) is 0 Å². The van der Waals surface area contributed by atoms with Crippen molar-refractivity contribution < 1.29 is 22.6 Å². The quantitative estimate of drug-likeness (QED) is 0.771. The molecular formula is C19H24F3N3O2. The maximum absolute atomic E-state index is 13.6. The fourth-order valence-corrected chi connectivity index (χ4v) is 2.88. The molecule has 8 heteroatoms. The molecule has 0 amide bonds. The number of methoxy groups -OCH3 is 1. The molecule has 5 nitrogen and oxygen atoms in total. The summed E-state index contributed by atoms with van der Waals surface area (Å²) in [5, 5.41) is 0. The second-order valence-electron chi connectivity index (χ2n) is 7.19. The van der Waals surface area contributed by atoms with Crippen molar-refractivity contribution in [1.82, 2.24) is 9.97 Å². The number of alkyl halides is 3. The normalized spacial score (nSPS) is 14.1. The highest BCUT2D eigenvalue weighted by molar-refractivity contribution is 5.63. The van der Waals surface area contributed by atoms with Gasteiger partial charge in [0.05, 0.1) is 18.4 Å². The number of aromatic nitrogens is 2. The van der Waals surface area contributed by atoms with E-state index in [1.807, 2.05) is 13.8 Å². The van der Waals surface area contributed by atoms with Gasteiger partial charge in [0.1, 0.15) is 18.7 Å². The highest BCUT2D eigenvalue weighted by Crippen LogP contribution is 2.39. The SMILES string of the molecule is COc1cc(-c2ccc(OCC(C)(N)CC(C)C)c(C(F)(F)F)c2)ncn1. The first-order chi connectivity index (χ1) is 12.5. The van der Waals surface area contributed by atoms with Crippen molar-refractivity contribution in [3.63, 3.8) is 0 Å². The summed E-state index contributed by atoms with van der Waals surface area (Å²) in [6.45, 7) is 5.74. The molecule has 1 atom stereocenters. The van der Waals surface area contributed by atoms with Gasteiger partial charge in [-0.2, -0.15) is 13.2 Å². The van der Waals surface area contributed by atoms with Gasteiger partial charge in [-0.05, 0) is 37.5 Å². The lowest BCUT2D eigenvalue weighted by atomic mass is 9.93. The predicted octanol–water partition coefficient (Wildman–Crippen LogP) is 4.31. The number of halogens is 3. The third kappa shape index (κ3) is 5.82. The Balaban J connectivity index is 2.33. The summed E-state index contributed by atoms with van der Waals surface area (Å²) in [7, 11) is 1.42. The lowest BCUT2D eigenvalue weighted by Crippen LogP contribution is -2.43. The van der Waals surface area contributed by atoms with Crippen LogP contribution in [0, 0.1) is 5.92 Å². The molecular weight excluding hydrogens is 359 g/mol. The fraction of sp³-hybridized carbons (Fsp3) is 0.474. The van der Waals surface area contributed by atoms with Crippen molar-refractivity contribution in [2.75, 3.05) is 13.7 Å². The van der Waals surface area contributed by atoms with Crippen LogP contribution >= 0.6 is 0 Å². The Hall–Kier alpha value is -2.35. The van der Waals surface area contributed by atoms with Gasteiger partial charge in [-0.3, -0.25) is 0 Å². The van der Waals surface area contributed by atoms with Gasteiger partial charge in [0.25, 0.3) is 0 Å². The molecule has 27 heavy (non-hydrogen) atoms. The number of ether oxygens (including phenoxy) is 2. The van der Waals surface area contributed by atoms with Crippen LogP contribution in [0.2, 0.25) is 0 Å². The maximum Gasteiger partial charge on any atom is 0.419 e. The van der Waals surface area contributed by atoms with Crippen molar-refractivity contribution >= 4 is 0 Å². The van der Waals surface area contributed by atoms with Crippen molar-refractivity contribution in [3.05, 3.63) is 36.2 Å². The van der Waals surface area contributed by atoms with Crippen LogP contribution in [0.5, 0.6) is 11.6 Å². The van der Waals surface area contributed by atoms with Crippen LogP contribution < -0.4 is 15.2 Å². The zero-order valence-electron chi connectivity index (χ0n) is 15.8. The Morgan fingerprint density at radius 3 is 2.44 bits per heavy atom. The summed E-state index contributed by atoms with van der Waals surface area (Å²) in [4.78, 5) is 7.87. The van der Waals surface area contributed by atoms with Gasteiger partial charge >= 0.3 is 6.18 Å². The van der Waals surface area contributed by atoms with Crippen LogP contribution in [0.1, 0.15) is 32.8 Å². The van der Waals surface area contributed by atoms with Crippen LogP contribution in [-0.4, -0.2) is 29.2 Å². The van der Waals surface area contributed by atoms with Crippen molar-refractivity contribution in [3.8, 4) is 22.9 Å². The number of hydrogen-bond donors (Lipinski definition) is 1. The van der Waals surface area contributed by atoms with Gasteiger partial charge < -0.3 is 15.2 Å². The van der Waals surface area contributed by atoms with E-state index in [1.165, 1.54) is 31.6 Å². The lowest BCUT2D eigenvalue weighted by Gasteiger charge is -2.27. The van der Waals surface area contributed by atoms with E-state index in [1.54, 1.807) is 6.92 Å².